The van der Waals surface area contributed by atoms with Crippen molar-refractivity contribution in [3.8, 4) is 0 Å². The van der Waals surface area contributed by atoms with Gasteiger partial charge in [0.2, 0.25) is 0 Å². The zero-order valence-corrected chi connectivity index (χ0v) is 15.8. The molecule has 6 nitrogen and oxygen atoms in total. The van der Waals surface area contributed by atoms with Crippen LogP contribution >= 0.6 is 0 Å². The van der Waals surface area contributed by atoms with Gasteiger partial charge < -0.3 is 4.98 Å². The van der Waals surface area contributed by atoms with Crippen LogP contribution in [0.3, 0.4) is 0 Å². The van der Waals surface area contributed by atoms with Crippen LogP contribution in [0.4, 0.5) is 0 Å². The number of rotatable bonds is 5. The van der Waals surface area contributed by atoms with Crippen LogP contribution < -0.4 is 5.43 Å². The summed E-state index contributed by atoms with van der Waals surface area (Å²) in [6.07, 6.45) is 3.52. The Hall–Kier alpha value is -3.67. The first-order valence-electron chi connectivity index (χ1n) is 9.10. The Morgan fingerprint density at radius 1 is 1.18 bits per heavy atom. The molecule has 28 heavy (non-hydrogen) atoms. The molecule has 0 saturated carbocycles. The molecule has 0 atom stereocenters. The summed E-state index contributed by atoms with van der Waals surface area (Å²) in [5, 5.41) is 9.62. The summed E-state index contributed by atoms with van der Waals surface area (Å²) in [6.45, 7) is 4.70. The zero-order chi connectivity index (χ0) is 19.5. The smallest absolute Gasteiger partial charge is 0.271 e. The summed E-state index contributed by atoms with van der Waals surface area (Å²) in [5.74, 6) is -0.242. The van der Waals surface area contributed by atoms with E-state index in [0.717, 1.165) is 33.4 Å². The standard InChI is InChI=1S/C22H21N5O/c1-15-11-16(2)27(26-15)14-17-7-9-18(10-8-17)22(28)25-24-13-19-12-23-21-6-4-3-5-20(19)21/h3-13,23H,14H2,1-2H3,(H,25,28)/b24-13-. The molecule has 0 aliphatic carbocycles. The van der Waals surface area contributed by atoms with Gasteiger partial charge in [-0.05, 0) is 43.7 Å². The predicted octanol–water partition coefficient (Wildman–Crippen LogP) is 3.79. The van der Waals surface area contributed by atoms with Gasteiger partial charge in [-0.15, -0.1) is 0 Å². The second-order valence-electron chi connectivity index (χ2n) is 6.77. The number of benzene rings is 2. The van der Waals surface area contributed by atoms with E-state index >= 15 is 0 Å². The van der Waals surface area contributed by atoms with Gasteiger partial charge in [0.1, 0.15) is 0 Å². The van der Waals surface area contributed by atoms with Crippen molar-refractivity contribution >= 4 is 23.0 Å². The summed E-state index contributed by atoms with van der Waals surface area (Å²) in [7, 11) is 0. The number of hydrogen-bond donors (Lipinski definition) is 2. The molecule has 2 aromatic carbocycles. The number of amides is 1. The molecule has 2 heterocycles. The van der Waals surface area contributed by atoms with E-state index in [0.29, 0.717) is 12.1 Å². The number of hydrazone groups is 1. The minimum Gasteiger partial charge on any atom is -0.361 e. The average molecular weight is 371 g/mol. The van der Waals surface area contributed by atoms with Crippen LogP contribution in [0.5, 0.6) is 0 Å². The molecule has 0 saturated heterocycles. The summed E-state index contributed by atoms with van der Waals surface area (Å²) < 4.78 is 1.95. The Kier molecular flexibility index (Phi) is 4.76. The molecule has 0 bridgehead atoms. The number of fused-ring (bicyclic) bond motifs is 1. The number of H-pyrrole nitrogens is 1. The van der Waals surface area contributed by atoms with Crippen LogP contribution in [0.25, 0.3) is 10.9 Å². The number of para-hydroxylation sites is 1. The Labute approximate surface area is 162 Å². The number of nitrogens with one attached hydrogen (secondary N) is 2. The zero-order valence-electron chi connectivity index (χ0n) is 15.8. The SMILES string of the molecule is Cc1cc(C)n(Cc2ccc(C(=O)N/N=C\c3c[nH]c4ccccc34)cc2)n1. The van der Waals surface area contributed by atoms with E-state index in [-0.39, 0.29) is 5.91 Å². The second-order valence-corrected chi connectivity index (χ2v) is 6.77. The van der Waals surface area contributed by atoms with Gasteiger partial charge in [-0.1, -0.05) is 30.3 Å². The fourth-order valence-corrected chi connectivity index (χ4v) is 3.20. The van der Waals surface area contributed by atoms with Crippen molar-refractivity contribution in [1.29, 1.82) is 0 Å². The molecule has 2 aromatic heterocycles. The van der Waals surface area contributed by atoms with E-state index in [1.807, 2.05) is 67.2 Å². The van der Waals surface area contributed by atoms with E-state index in [2.05, 4.69) is 20.6 Å². The first-order valence-corrected chi connectivity index (χ1v) is 9.10. The van der Waals surface area contributed by atoms with Gasteiger partial charge in [0.15, 0.2) is 0 Å². The van der Waals surface area contributed by atoms with Crippen LogP contribution in [-0.4, -0.2) is 26.9 Å². The highest BCUT2D eigenvalue weighted by atomic mass is 16.2. The summed E-state index contributed by atoms with van der Waals surface area (Å²) >= 11 is 0. The number of aromatic nitrogens is 3. The highest BCUT2D eigenvalue weighted by molar-refractivity contribution is 6.00. The fraction of sp³-hybridized carbons (Fsp3) is 0.136. The van der Waals surface area contributed by atoms with Crippen LogP contribution in [0.1, 0.15) is 32.9 Å². The normalized spacial score (nSPS) is 11.4. The van der Waals surface area contributed by atoms with Crippen LogP contribution in [0, 0.1) is 13.8 Å². The van der Waals surface area contributed by atoms with Crippen LogP contribution in [0.2, 0.25) is 0 Å². The molecule has 0 aliphatic rings. The number of carbonyl (C=O) groups excluding carboxylic acids is 1. The third-order valence-electron chi connectivity index (χ3n) is 4.64. The lowest BCUT2D eigenvalue weighted by Gasteiger charge is -2.06. The van der Waals surface area contributed by atoms with Gasteiger partial charge in [0.25, 0.3) is 5.91 Å². The lowest BCUT2D eigenvalue weighted by molar-refractivity contribution is 0.0955. The van der Waals surface area contributed by atoms with Gasteiger partial charge in [0, 0.05) is 33.9 Å². The maximum atomic E-state index is 12.3. The first kappa shape index (κ1) is 17.7. The van der Waals surface area contributed by atoms with Gasteiger partial charge in [-0.3, -0.25) is 9.48 Å². The van der Waals surface area contributed by atoms with E-state index in [9.17, 15) is 4.79 Å². The van der Waals surface area contributed by atoms with E-state index < -0.39 is 0 Å². The van der Waals surface area contributed by atoms with Crippen molar-refractivity contribution in [3.63, 3.8) is 0 Å². The number of hydrogen-bond acceptors (Lipinski definition) is 3. The summed E-state index contributed by atoms with van der Waals surface area (Å²) in [5.41, 5.74) is 8.31. The summed E-state index contributed by atoms with van der Waals surface area (Å²) in [6, 6.07) is 17.5. The average Bonchev–Trinajstić information content (AvgIpc) is 3.25. The van der Waals surface area contributed by atoms with Gasteiger partial charge in [-0.25, -0.2) is 5.43 Å². The molecular formula is C22H21N5O. The van der Waals surface area contributed by atoms with Gasteiger partial charge in [0.05, 0.1) is 18.5 Å². The van der Waals surface area contributed by atoms with Crippen molar-refractivity contribution in [2.24, 2.45) is 5.10 Å². The minimum absolute atomic E-state index is 0.242. The highest BCUT2D eigenvalue weighted by Crippen LogP contribution is 2.15. The maximum absolute atomic E-state index is 12.3. The first-order chi connectivity index (χ1) is 13.6. The van der Waals surface area contributed by atoms with Crippen molar-refractivity contribution in [2.75, 3.05) is 0 Å². The Morgan fingerprint density at radius 2 is 1.96 bits per heavy atom. The largest absolute Gasteiger partial charge is 0.361 e. The molecule has 2 N–H and O–H groups in total. The monoisotopic (exact) mass is 371 g/mol. The number of carbonyl (C=O) groups is 1. The molecule has 0 spiro atoms. The van der Waals surface area contributed by atoms with E-state index in [1.54, 1.807) is 18.3 Å². The quantitative estimate of drug-likeness (QED) is 0.414. The third kappa shape index (κ3) is 3.71. The lowest BCUT2D eigenvalue weighted by Crippen LogP contribution is -2.17. The topological polar surface area (TPSA) is 75.1 Å². The maximum Gasteiger partial charge on any atom is 0.271 e. The predicted molar refractivity (Wildman–Crippen MR) is 111 cm³/mol. The van der Waals surface area contributed by atoms with Crippen molar-refractivity contribution in [3.05, 3.63) is 88.9 Å². The van der Waals surface area contributed by atoms with Crippen molar-refractivity contribution < 1.29 is 4.79 Å². The third-order valence-corrected chi connectivity index (χ3v) is 4.64. The van der Waals surface area contributed by atoms with E-state index in [1.165, 1.54) is 0 Å². The van der Waals surface area contributed by atoms with Crippen LogP contribution in [-0.2, 0) is 6.54 Å². The molecule has 0 unspecified atom stereocenters. The molecule has 140 valence electrons. The summed E-state index contributed by atoms with van der Waals surface area (Å²) in [4.78, 5) is 15.5. The number of nitrogens with zero attached hydrogens (tertiary/aromatic N) is 3. The van der Waals surface area contributed by atoms with Crippen molar-refractivity contribution in [1.82, 2.24) is 20.2 Å². The molecular weight excluding hydrogens is 350 g/mol. The Morgan fingerprint density at radius 3 is 2.71 bits per heavy atom. The molecule has 4 aromatic rings. The number of aromatic amines is 1. The van der Waals surface area contributed by atoms with E-state index in [4.69, 9.17) is 0 Å². The number of aryl methyl sites for hydroxylation is 2. The second kappa shape index (κ2) is 7.52. The molecule has 4 rings (SSSR count). The molecule has 0 radical (unpaired) electrons. The lowest BCUT2D eigenvalue weighted by atomic mass is 10.1. The van der Waals surface area contributed by atoms with Gasteiger partial charge >= 0.3 is 0 Å². The van der Waals surface area contributed by atoms with Crippen LogP contribution in [0.15, 0.2) is 65.9 Å². The Balaban J connectivity index is 1.40. The Bertz CT molecular complexity index is 1150. The molecule has 6 heteroatoms. The van der Waals surface area contributed by atoms with Gasteiger partial charge in [-0.2, -0.15) is 10.2 Å². The molecule has 1 amide bonds. The molecule has 0 fully saturated rings. The molecule has 0 aliphatic heterocycles. The minimum atomic E-state index is -0.242. The fourth-order valence-electron chi connectivity index (χ4n) is 3.20. The highest BCUT2D eigenvalue weighted by Gasteiger charge is 2.06. The van der Waals surface area contributed by atoms with Crippen molar-refractivity contribution in [2.45, 2.75) is 20.4 Å².